The Kier molecular flexibility index (Phi) is 3.96. The zero-order valence-electron chi connectivity index (χ0n) is 13.4. The normalized spacial score (nSPS) is 11.6. The highest BCUT2D eigenvalue weighted by molar-refractivity contribution is 7.90. The molecule has 3 aromatic rings. The minimum atomic E-state index is -4.40. The van der Waals surface area contributed by atoms with Crippen LogP contribution >= 0.6 is 0 Å². The molecule has 1 N–H and O–H groups in total. The lowest BCUT2D eigenvalue weighted by atomic mass is 10.1. The summed E-state index contributed by atoms with van der Waals surface area (Å²) in [6.45, 7) is 0. The summed E-state index contributed by atoms with van der Waals surface area (Å²) in [7, 11) is -0.768. The Balaban J connectivity index is 2.37. The first kappa shape index (κ1) is 16.9. The molecule has 0 unspecified atom stereocenters. The number of nitrogens with zero attached hydrogens (tertiary/aromatic N) is 2. The quantitative estimate of drug-likeness (QED) is 0.753. The van der Waals surface area contributed by atoms with Gasteiger partial charge in [0, 0.05) is 30.6 Å². The molecule has 1 aromatic heterocycles. The smallest absolute Gasteiger partial charge is 0.342 e. The summed E-state index contributed by atoms with van der Waals surface area (Å²) in [5.74, 6) is -1.36. The van der Waals surface area contributed by atoms with E-state index in [0.29, 0.717) is 17.0 Å². The second-order valence-corrected chi connectivity index (χ2v) is 7.34. The van der Waals surface area contributed by atoms with E-state index in [1.165, 1.54) is 12.1 Å². The third kappa shape index (κ3) is 2.72. The zero-order valence-corrected chi connectivity index (χ0v) is 14.2. The lowest BCUT2D eigenvalue weighted by Crippen LogP contribution is -2.35. The summed E-state index contributed by atoms with van der Waals surface area (Å²) in [5.41, 5.74) is -1.72. The van der Waals surface area contributed by atoms with Crippen molar-refractivity contribution in [3.05, 3.63) is 69.3 Å². The molecule has 3 rings (SSSR count). The molecule has 0 spiro atoms. The maximum Gasteiger partial charge on any atom is 0.342 e. The fraction of sp³-hybridized carbons (Fsp3) is 0.125. The van der Waals surface area contributed by atoms with Crippen LogP contribution in [0.4, 0.5) is 10.1 Å². The maximum absolute atomic E-state index is 13.5. The first-order valence-corrected chi connectivity index (χ1v) is 8.63. The van der Waals surface area contributed by atoms with E-state index >= 15 is 0 Å². The molecule has 0 saturated carbocycles. The Morgan fingerprint density at radius 3 is 2.36 bits per heavy atom. The number of H-pyrrole nitrogens is 1. The summed E-state index contributed by atoms with van der Waals surface area (Å²) < 4.78 is 39.5. The summed E-state index contributed by atoms with van der Waals surface area (Å²) in [6.07, 6.45) is 0.380. The molecule has 0 atom stereocenters. The molecule has 0 aliphatic rings. The zero-order chi connectivity index (χ0) is 18.4. The third-order valence-electron chi connectivity index (χ3n) is 3.75. The summed E-state index contributed by atoms with van der Waals surface area (Å²) in [5, 5.41) is 1.04. The number of halogens is 1. The highest BCUT2D eigenvalue weighted by Crippen LogP contribution is 2.30. The number of nitrogens with one attached hydrogen (secondary N) is 1. The van der Waals surface area contributed by atoms with E-state index in [2.05, 4.69) is 0 Å². The number of anilines is 1. The average Bonchev–Trinajstić information content (AvgIpc) is 2.56. The number of aromatic amines is 1. The van der Waals surface area contributed by atoms with Crippen LogP contribution in [-0.4, -0.2) is 31.5 Å². The minimum Gasteiger partial charge on any atom is -0.377 e. The van der Waals surface area contributed by atoms with Crippen molar-refractivity contribution in [2.45, 2.75) is 4.90 Å². The van der Waals surface area contributed by atoms with E-state index in [4.69, 9.17) is 0 Å². The molecule has 0 fully saturated rings. The molecule has 0 radical (unpaired) electrons. The standard InChI is InChI=1S/C16H14FN3O4S/c1-19(2)13-7-3-6-11-10(13)5-4-8-14(11)25(23,24)20-9-12(17)15(21)18-16(20)22/h3-9H,1-2H3,(H,18,21,22). The van der Waals surface area contributed by atoms with Gasteiger partial charge in [-0.2, -0.15) is 8.36 Å². The average molecular weight is 363 g/mol. The molecular weight excluding hydrogens is 349 g/mol. The molecule has 0 amide bonds. The molecule has 9 heteroatoms. The van der Waals surface area contributed by atoms with Gasteiger partial charge in [-0.3, -0.25) is 9.78 Å². The van der Waals surface area contributed by atoms with Crippen molar-refractivity contribution in [2.75, 3.05) is 19.0 Å². The van der Waals surface area contributed by atoms with Crippen LogP contribution in [-0.2, 0) is 10.0 Å². The van der Waals surface area contributed by atoms with Crippen LogP contribution < -0.4 is 16.1 Å². The van der Waals surface area contributed by atoms with Gasteiger partial charge >= 0.3 is 5.69 Å². The van der Waals surface area contributed by atoms with E-state index in [1.54, 1.807) is 23.2 Å². The van der Waals surface area contributed by atoms with Gasteiger partial charge in [-0.1, -0.05) is 24.3 Å². The number of fused-ring (bicyclic) bond motifs is 1. The highest BCUT2D eigenvalue weighted by atomic mass is 32.2. The predicted molar refractivity (Wildman–Crippen MR) is 92.1 cm³/mol. The number of aromatic nitrogens is 2. The van der Waals surface area contributed by atoms with E-state index in [1.807, 2.05) is 25.1 Å². The second kappa shape index (κ2) is 5.85. The Labute approximate surface area is 142 Å². The molecule has 7 nitrogen and oxygen atoms in total. The Morgan fingerprint density at radius 1 is 1.04 bits per heavy atom. The van der Waals surface area contributed by atoms with Gasteiger partial charge in [-0.25, -0.2) is 13.2 Å². The van der Waals surface area contributed by atoms with Crippen molar-refractivity contribution in [3.63, 3.8) is 0 Å². The number of hydrogen-bond acceptors (Lipinski definition) is 5. The van der Waals surface area contributed by atoms with Gasteiger partial charge in [0.25, 0.3) is 15.6 Å². The number of rotatable bonds is 3. The van der Waals surface area contributed by atoms with Gasteiger partial charge in [0.1, 0.15) is 0 Å². The summed E-state index contributed by atoms with van der Waals surface area (Å²) in [6, 6.07) is 9.72. The summed E-state index contributed by atoms with van der Waals surface area (Å²) >= 11 is 0. The van der Waals surface area contributed by atoms with E-state index in [-0.39, 0.29) is 8.87 Å². The van der Waals surface area contributed by atoms with E-state index < -0.39 is 27.1 Å². The molecule has 0 aliphatic carbocycles. The van der Waals surface area contributed by atoms with E-state index in [9.17, 15) is 22.4 Å². The van der Waals surface area contributed by atoms with Crippen molar-refractivity contribution in [1.82, 2.24) is 8.96 Å². The molecule has 1 heterocycles. The largest absolute Gasteiger partial charge is 0.377 e. The molecule has 2 aromatic carbocycles. The Hall–Kier alpha value is -2.94. The number of benzene rings is 2. The van der Waals surface area contributed by atoms with Crippen molar-refractivity contribution < 1.29 is 12.8 Å². The van der Waals surface area contributed by atoms with Crippen molar-refractivity contribution in [2.24, 2.45) is 0 Å². The van der Waals surface area contributed by atoms with E-state index in [0.717, 1.165) is 5.69 Å². The first-order chi connectivity index (χ1) is 11.7. The fourth-order valence-electron chi connectivity index (χ4n) is 2.60. The molecule has 130 valence electrons. The molecule has 0 saturated heterocycles. The van der Waals surface area contributed by atoms with Crippen LogP contribution in [0.1, 0.15) is 0 Å². The predicted octanol–water partition coefficient (Wildman–Crippen LogP) is 1.13. The Morgan fingerprint density at radius 2 is 1.68 bits per heavy atom. The van der Waals surface area contributed by atoms with Gasteiger partial charge in [-0.15, -0.1) is 0 Å². The second-order valence-electron chi connectivity index (χ2n) is 5.56. The topological polar surface area (TPSA) is 92.2 Å². The highest BCUT2D eigenvalue weighted by Gasteiger charge is 2.23. The van der Waals surface area contributed by atoms with Crippen molar-refractivity contribution in [1.29, 1.82) is 0 Å². The van der Waals surface area contributed by atoms with Gasteiger partial charge in [0.15, 0.2) is 0 Å². The van der Waals surface area contributed by atoms with Crippen LogP contribution in [0.2, 0.25) is 0 Å². The molecular formula is C16H14FN3O4S. The van der Waals surface area contributed by atoms with Crippen LogP contribution in [0.5, 0.6) is 0 Å². The van der Waals surface area contributed by atoms with Crippen molar-refractivity contribution in [3.8, 4) is 0 Å². The van der Waals surface area contributed by atoms with Crippen LogP contribution in [0.25, 0.3) is 10.8 Å². The lowest BCUT2D eigenvalue weighted by Gasteiger charge is -2.17. The minimum absolute atomic E-state index is 0.165. The maximum atomic E-state index is 13.5. The lowest BCUT2D eigenvalue weighted by molar-refractivity contribution is 0.565. The molecule has 0 aliphatic heterocycles. The SMILES string of the molecule is CN(C)c1cccc2c(S(=O)(=O)n3cc(F)c(=O)[nH]c3=O)cccc12. The van der Waals surface area contributed by atoms with Crippen LogP contribution in [0, 0.1) is 5.82 Å². The monoisotopic (exact) mass is 363 g/mol. The van der Waals surface area contributed by atoms with Crippen molar-refractivity contribution >= 4 is 26.5 Å². The fourth-order valence-corrected chi connectivity index (χ4v) is 4.01. The van der Waals surface area contributed by atoms with Crippen LogP contribution in [0.3, 0.4) is 0 Å². The molecule has 25 heavy (non-hydrogen) atoms. The third-order valence-corrected chi connectivity index (χ3v) is 5.45. The van der Waals surface area contributed by atoms with Gasteiger partial charge in [-0.05, 0) is 12.1 Å². The van der Waals surface area contributed by atoms with Crippen LogP contribution in [0.15, 0.2) is 57.1 Å². The Bertz CT molecular complexity index is 1200. The van der Waals surface area contributed by atoms with Gasteiger partial charge in [0.05, 0.1) is 11.1 Å². The number of hydrogen-bond donors (Lipinski definition) is 1. The van der Waals surface area contributed by atoms with Gasteiger partial charge < -0.3 is 4.90 Å². The molecule has 0 bridgehead atoms. The first-order valence-electron chi connectivity index (χ1n) is 7.19. The summed E-state index contributed by atoms with van der Waals surface area (Å²) in [4.78, 5) is 26.3. The van der Waals surface area contributed by atoms with Gasteiger partial charge in [0.2, 0.25) is 5.82 Å².